The molecule has 0 fully saturated rings. The van der Waals surface area contributed by atoms with Crippen LogP contribution in [-0.2, 0) is 14.3 Å². The largest absolute Gasteiger partial charge is 0.495 e. The molecular weight excluding hydrogens is 310 g/mol. The first-order valence-electron chi connectivity index (χ1n) is 7.40. The van der Waals surface area contributed by atoms with Crippen LogP contribution in [0.2, 0.25) is 0 Å². The number of rotatable bonds is 6. The quantitative estimate of drug-likeness (QED) is 0.794. The van der Waals surface area contributed by atoms with Crippen LogP contribution in [0.1, 0.15) is 18.6 Å². The molecular formula is C18H19NO5. The lowest BCUT2D eigenvalue weighted by Crippen LogP contribution is -2.31. The fraction of sp³-hybridized carbons (Fsp3) is 0.222. The summed E-state index contributed by atoms with van der Waals surface area (Å²) >= 11 is 0. The van der Waals surface area contributed by atoms with Gasteiger partial charge in [0.15, 0.2) is 12.2 Å². The van der Waals surface area contributed by atoms with Crippen molar-refractivity contribution in [2.24, 2.45) is 0 Å². The molecule has 0 aliphatic carbocycles. The van der Waals surface area contributed by atoms with Crippen LogP contribution in [0.4, 0.5) is 5.69 Å². The van der Waals surface area contributed by atoms with Crippen molar-refractivity contribution in [2.45, 2.75) is 19.1 Å². The first-order valence-corrected chi connectivity index (χ1v) is 7.40. The molecule has 2 N–H and O–H groups in total. The minimum atomic E-state index is -1.44. The number of hydrogen-bond donors (Lipinski definition) is 2. The molecule has 2 aromatic rings. The lowest BCUT2D eigenvalue weighted by molar-refractivity contribution is -0.162. The number of anilines is 1. The van der Waals surface area contributed by atoms with Crippen LogP contribution in [0, 0.1) is 0 Å². The van der Waals surface area contributed by atoms with E-state index in [0.29, 0.717) is 17.0 Å². The Morgan fingerprint density at radius 3 is 2.33 bits per heavy atom. The smallest absolute Gasteiger partial charge is 0.340 e. The van der Waals surface area contributed by atoms with Crippen molar-refractivity contribution in [1.82, 2.24) is 0 Å². The number of aliphatic hydroxyl groups excluding tert-OH is 1. The second-order valence-corrected chi connectivity index (χ2v) is 5.08. The summed E-state index contributed by atoms with van der Waals surface area (Å²) in [5, 5.41) is 12.6. The summed E-state index contributed by atoms with van der Waals surface area (Å²) in [6.45, 7) is 1.43. The van der Waals surface area contributed by atoms with Gasteiger partial charge in [-0.15, -0.1) is 0 Å². The average molecular weight is 329 g/mol. The van der Waals surface area contributed by atoms with Gasteiger partial charge in [0.1, 0.15) is 5.75 Å². The van der Waals surface area contributed by atoms with E-state index in [2.05, 4.69) is 5.32 Å². The maximum Gasteiger partial charge on any atom is 0.340 e. The number of amides is 1. The highest BCUT2D eigenvalue weighted by Crippen LogP contribution is 2.23. The van der Waals surface area contributed by atoms with Crippen LogP contribution in [0.25, 0.3) is 0 Å². The number of hydrogen-bond acceptors (Lipinski definition) is 5. The van der Waals surface area contributed by atoms with Gasteiger partial charge in [-0.25, -0.2) is 4.79 Å². The third-order valence-corrected chi connectivity index (χ3v) is 3.37. The predicted molar refractivity (Wildman–Crippen MR) is 88.6 cm³/mol. The van der Waals surface area contributed by atoms with E-state index in [0.717, 1.165) is 0 Å². The number of ether oxygens (including phenoxy) is 2. The minimum absolute atomic E-state index is 0.403. The Bertz CT molecular complexity index is 702. The SMILES string of the molecule is COc1ccccc1NC(=O)[C@H](C)OC(=O)[C@H](O)c1ccccc1. The van der Waals surface area contributed by atoms with Gasteiger partial charge in [0, 0.05) is 0 Å². The van der Waals surface area contributed by atoms with Gasteiger partial charge in [-0.2, -0.15) is 0 Å². The highest BCUT2D eigenvalue weighted by Gasteiger charge is 2.24. The van der Waals surface area contributed by atoms with E-state index in [9.17, 15) is 14.7 Å². The van der Waals surface area contributed by atoms with Crippen molar-refractivity contribution in [2.75, 3.05) is 12.4 Å². The van der Waals surface area contributed by atoms with Crippen molar-refractivity contribution >= 4 is 17.6 Å². The number of benzene rings is 2. The van der Waals surface area contributed by atoms with Crippen LogP contribution >= 0.6 is 0 Å². The van der Waals surface area contributed by atoms with Crippen LogP contribution in [0.5, 0.6) is 5.75 Å². The second-order valence-electron chi connectivity index (χ2n) is 5.08. The second kappa shape index (κ2) is 8.12. The van der Waals surface area contributed by atoms with E-state index < -0.39 is 24.1 Å². The van der Waals surface area contributed by atoms with Crippen molar-refractivity contribution < 1.29 is 24.2 Å². The fourth-order valence-electron chi connectivity index (χ4n) is 2.05. The Morgan fingerprint density at radius 2 is 1.67 bits per heavy atom. The maximum atomic E-state index is 12.1. The lowest BCUT2D eigenvalue weighted by atomic mass is 10.1. The van der Waals surface area contributed by atoms with Gasteiger partial charge in [-0.3, -0.25) is 4.79 Å². The van der Waals surface area contributed by atoms with E-state index in [1.807, 2.05) is 0 Å². The summed E-state index contributed by atoms with van der Waals surface area (Å²) < 4.78 is 10.2. The molecule has 0 aromatic heterocycles. The molecule has 24 heavy (non-hydrogen) atoms. The third-order valence-electron chi connectivity index (χ3n) is 3.37. The molecule has 0 aliphatic rings. The summed E-state index contributed by atoms with van der Waals surface area (Å²) in [7, 11) is 1.49. The monoisotopic (exact) mass is 329 g/mol. The first kappa shape index (κ1) is 17.5. The molecule has 2 atom stereocenters. The van der Waals surface area contributed by atoms with E-state index in [1.54, 1.807) is 54.6 Å². The van der Waals surface area contributed by atoms with Gasteiger partial charge < -0.3 is 19.9 Å². The van der Waals surface area contributed by atoms with Crippen molar-refractivity contribution in [1.29, 1.82) is 0 Å². The van der Waals surface area contributed by atoms with Gasteiger partial charge in [-0.05, 0) is 24.6 Å². The molecule has 0 aliphatic heterocycles. The fourth-order valence-corrected chi connectivity index (χ4v) is 2.05. The highest BCUT2D eigenvalue weighted by molar-refractivity contribution is 5.96. The molecule has 2 rings (SSSR count). The van der Waals surface area contributed by atoms with Gasteiger partial charge in [0.2, 0.25) is 0 Å². The number of aliphatic hydroxyl groups is 1. The molecule has 0 bridgehead atoms. The Hall–Kier alpha value is -2.86. The molecule has 0 saturated carbocycles. The van der Waals surface area contributed by atoms with E-state index in [-0.39, 0.29) is 0 Å². The molecule has 126 valence electrons. The van der Waals surface area contributed by atoms with Gasteiger partial charge >= 0.3 is 5.97 Å². The number of carbonyl (C=O) groups is 2. The van der Waals surface area contributed by atoms with Gasteiger partial charge in [0.05, 0.1) is 12.8 Å². The first-order chi connectivity index (χ1) is 11.5. The van der Waals surface area contributed by atoms with Crippen molar-refractivity contribution in [3.05, 3.63) is 60.2 Å². The third kappa shape index (κ3) is 4.33. The zero-order chi connectivity index (χ0) is 17.5. The normalized spacial score (nSPS) is 12.8. The Labute approximate surface area is 140 Å². The summed E-state index contributed by atoms with van der Waals surface area (Å²) in [6.07, 6.45) is -2.51. The minimum Gasteiger partial charge on any atom is -0.495 e. The summed E-state index contributed by atoms with van der Waals surface area (Å²) in [5.41, 5.74) is 0.872. The lowest BCUT2D eigenvalue weighted by Gasteiger charge is -2.17. The van der Waals surface area contributed by atoms with Crippen molar-refractivity contribution in [3.63, 3.8) is 0 Å². The van der Waals surface area contributed by atoms with E-state index >= 15 is 0 Å². The summed E-state index contributed by atoms with van der Waals surface area (Å²) in [5.74, 6) is -0.911. The standard InChI is InChI=1S/C18H19NO5/c1-12(17(21)19-14-10-6-7-11-15(14)23-2)24-18(22)16(20)13-8-4-3-5-9-13/h3-12,16,20H,1-2H3,(H,19,21)/t12-,16+/m0/s1. The van der Waals surface area contributed by atoms with Gasteiger partial charge in [-0.1, -0.05) is 42.5 Å². The number of para-hydroxylation sites is 2. The summed E-state index contributed by atoms with van der Waals surface area (Å²) in [4.78, 5) is 24.1. The molecule has 0 spiro atoms. The zero-order valence-corrected chi connectivity index (χ0v) is 13.4. The molecule has 6 nitrogen and oxygen atoms in total. The molecule has 2 aromatic carbocycles. The average Bonchev–Trinajstić information content (AvgIpc) is 2.62. The number of methoxy groups -OCH3 is 1. The number of esters is 1. The highest BCUT2D eigenvalue weighted by atomic mass is 16.6. The number of carbonyl (C=O) groups excluding carboxylic acids is 2. The Balaban J connectivity index is 1.97. The van der Waals surface area contributed by atoms with E-state index in [1.165, 1.54) is 14.0 Å². The van der Waals surface area contributed by atoms with Crippen LogP contribution < -0.4 is 10.1 Å². The topological polar surface area (TPSA) is 84.9 Å². The molecule has 0 unspecified atom stereocenters. The molecule has 6 heteroatoms. The maximum absolute atomic E-state index is 12.1. The van der Waals surface area contributed by atoms with E-state index in [4.69, 9.17) is 9.47 Å². The Kier molecular flexibility index (Phi) is 5.92. The molecule has 1 amide bonds. The van der Waals surface area contributed by atoms with Crippen molar-refractivity contribution in [3.8, 4) is 5.75 Å². The Morgan fingerprint density at radius 1 is 1.04 bits per heavy atom. The molecule has 0 saturated heterocycles. The zero-order valence-electron chi connectivity index (χ0n) is 13.4. The van der Waals surface area contributed by atoms with Gasteiger partial charge in [0.25, 0.3) is 5.91 Å². The molecule has 0 radical (unpaired) electrons. The molecule has 0 heterocycles. The summed E-state index contributed by atoms with van der Waals surface area (Å²) in [6, 6.07) is 15.3. The van der Waals surface area contributed by atoms with Crippen LogP contribution in [0.3, 0.4) is 0 Å². The van der Waals surface area contributed by atoms with Crippen LogP contribution in [-0.4, -0.2) is 30.2 Å². The van der Waals surface area contributed by atoms with Crippen LogP contribution in [0.15, 0.2) is 54.6 Å². The predicted octanol–water partition coefficient (Wildman–Crippen LogP) is 2.30. The number of nitrogens with one attached hydrogen (secondary N) is 1.